The van der Waals surface area contributed by atoms with Crippen molar-refractivity contribution in [1.29, 1.82) is 0 Å². The lowest BCUT2D eigenvalue weighted by Crippen LogP contribution is -2.47. The number of aromatic nitrogens is 3. The Hall–Kier alpha value is -2.89. The average Bonchev–Trinajstić information content (AvgIpc) is 3.07. The van der Waals surface area contributed by atoms with E-state index in [-0.39, 0.29) is 11.9 Å². The van der Waals surface area contributed by atoms with Crippen molar-refractivity contribution in [2.75, 3.05) is 16.8 Å². The first kappa shape index (κ1) is 14.7. The first-order valence-corrected chi connectivity index (χ1v) is 8.10. The number of anilines is 2. The summed E-state index contributed by atoms with van der Waals surface area (Å²) >= 11 is 0. The van der Waals surface area contributed by atoms with Crippen LogP contribution >= 0.6 is 0 Å². The fourth-order valence-corrected chi connectivity index (χ4v) is 3.05. The molecule has 1 aliphatic rings. The molecule has 1 amide bonds. The van der Waals surface area contributed by atoms with E-state index < -0.39 is 0 Å². The smallest absolute Gasteiger partial charge is 0.259 e. The van der Waals surface area contributed by atoms with Crippen LogP contribution in [0, 0.1) is 5.92 Å². The van der Waals surface area contributed by atoms with E-state index in [1.165, 1.54) is 0 Å². The SMILES string of the molecule is CC(C)C1CN(C(=O)c2ccc3nncn3c2)c2ccccc2N1. The number of hydrogen-bond donors (Lipinski definition) is 1. The number of fused-ring (bicyclic) bond motifs is 2. The Morgan fingerprint density at radius 1 is 1.25 bits per heavy atom. The molecule has 0 spiro atoms. The molecule has 2 aromatic heterocycles. The lowest BCUT2D eigenvalue weighted by Gasteiger charge is -2.37. The highest BCUT2D eigenvalue weighted by Crippen LogP contribution is 2.33. The van der Waals surface area contributed by atoms with E-state index in [0.29, 0.717) is 18.0 Å². The number of para-hydroxylation sites is 2. The topological polar surface area (TPSA) is 62.5 Å². The maximum absolute atomic E-state index is 13.1. The van der Waals surface area contributed by atoms with Crippen molar-refractivity contribution in [3.05, 3.63) is 54.5 Å². The van der Waals surface area contributed by atoms with E-state index in [1.54, 1.807) is 23.0 Å². The van der Waals surface area contributed by atoms with Crippen molar-refractivity contribution in [2.24, 2.45) is 5.92 Å². The first-order chi connectivity index (χ1) is 11.6. The van der Waals surface area contributed by atoms with Crippen molar-refractivity contribution in [3.63, 3.8) is 0 Å². The van der Waals surface area contributed by atoms with Crippen LogP contribution in [-0.4, -0.2) is 33.1 Å². The summed E-state index contributed by atoms with van der Waals surface area (Å²) in [4.78, 5) is 15.0. The molecule has 0 radical (unpaired) electrons. The molecular weight excluding hydrogens is 302 g/mol. The van der Waals surface area contributed by atoms with Crippen LogP contribution in [0.5, 0.6) is 0 Å². The third-order valence-corrected chi connectivity index (χ3v) is 4.50. The summed E-state index contributed by atoms with van der Waals surface area (Å²) in [5.74, 6) is 0.416. The molecule has 1 atom stereocenters. The highest BCUT2D eigenvalue weighted by molar-refractivity contribution is 6.08. The summed E-state index contributed by atoms with van der Waals surface area (Å²) in [6.45, 7) is 4.97. The Morgan fingerprint density at radius 3 is 2.92 bits per heavy atom. The number of amides is 1. The van der Waals surface area contributed by atoms with E-state index >= 15 is 0 Å². The van der Waals surface area contributed by atoms with Gasteiger partial charge >= 0.3 is 0 Å². The van der Waals surface area contributed by atoms with Gasteiger partial charge < -0.3 is 10.2 Å². The van der Waals surface area contributed by atoms with Crippen LogP contribution in [0.15, 0.2) is 48.9 Å². The molecule has 0 saturated carbocycles. The molecule has 0 saturated heterocycles. The van der Waals surface area contributed by atoms with E-state index in [0.717, 1.165) is 17.0 Å². The van der Waals surface area contributed by atoms with Crippen LogP contribution in [0.2, 0.25) is 0 Å². The summed E-state index contributed by atoms with van der Waals surface area (Å²) in [6, 6.07) is 11.8. The second kappa shape index (κ2) is 5.63. The molecule has 6 heteroatoms. The summed E-state index contributed by atoms with van der Waals surface area (Å²) < 4.78 is 1.77. The Labute approximate surface area is 140 Å². The lowest BCUT2D eigenvalue weighted by molar-refractivity contribution is 0.0983. The molecule has 1 N–H and O–H groups in total. The number of carbonyl (C=O) groups excluding carboxylic acids is 1. The van der Waals surface area contributed by atoms with Crippen LogP contribution in [0.3, 0.4) is 0 Å². The van der Waals surface area contributed by atoms with Crippen molar-refractivity contribution in [3.8, 4) is 0 Å². The number of nitrogens with zero attached hydrogens (tertiary/aromatic N) is 4. The van der Waals surface area contributed by atoms with Gasteiger partial charge in [0.15, 0.2) is 5.65 Å². The van der Waals surface area contributed by atoms with E-state index in [4.69, 9.17) is 0 Å². The predicted octanol–water partition coefficient (Wildman–Crippen LogP) is 2.83. The molecule has 4 rings (SSSR count). The second-order valence-corrected chi connectivity index (χ2v) is 6.44. The maximum atomic E-state index is 13.1. The molecular formula is C18H19N5O. The van der Waals surface area contributed by atoms with Gasteiger partial charge in [0.05, 0.1) is 16.9 Å². The van der Waals surface area contributed by atoms with Crippen LogP contribution < -0.4 is 10.2 Å². The van der Waals surface area contributed by atoms with E-state index in [9.17, 15) is 4.79 Å². The minimum atomic E-state index is -0.00907. The molecule has 3 heterocycles. The zero-order valence-electron chi connectivity index (χ0n) is 13.7. The molecule has 1 aliphatic heterocycles. The van der Waals surface area contributed by atoms with Gasteiger partial charge in [-0.3, -0.25) is 9.20 Å². The third-order valence-electron chi connectivity index (χ3n) is 4.50. The van der Waals surface area contributed by atoms with Gasteiger partial charge in [-0.2, -0.15) is 0 Å². The maximum Gasteiger partial charge on any atom is 0.259 e. The molecule has 3 aromatic rings. The van der Waals surface area contributed by atoms with Crippen LogP contribution in [0.1, 0.15) is 24.2 Å². The van der Waals surface area contributed by atoms with Gasteiger partial charge in [-0.15, -0.1) is 10.2 Å². The Kier molecular flexibility index (Phi) is 3.45. The van der Waals surface area contributed by atoms with E-state index in [1.807, 2.05) is 35.2 Å². The number of nitrogens with one attached hydrogen (secondary N) is 1. The predicted molar refractivity (Wildman–Crippen MR) is 93.4 cm³/mol. The zero-order chi connectivity index (χ0) is 16.7. The molecule has 24 heavy (non-hydrogen) atoms. The van der Waals surface area contributed by atoms with E-state index in [2.05, 4.69) is 29.4 Å². The molecule has 1 aromatic carbocycles. The number of pyridine rings is 1. The Balaban J connectivity index is 1.74. The fourth-order valence-electron chi connectivity index (χ4n) is 3.05. The normalized spacial score (nSPS) is 17.0. The number of carbonyl (C=O) groups is 1. The Morgan fingerprint density at radius 2 is 2.08 bits per heavy atom. The highest BCUT2D eigenvalue weighted by Gasteiger charge is 2.30. The Bertz CT molecular complexity index is 901. The van der Waals surface area contributed by atoms with Crippen molar-refractivity contribution in [2.45, 2.75) is 19.9 Å². The van der Waals surface area contributed by atoms with Gasteiger partial charge in [0.25, 0.3) is 5.91 Å². The molecule has 6 nitrogen and oxygen atoms in total. The van der Waals surface area contributed by atoms with Crippen molar-refractivity contribution < 1.29 is 4.79 Å². The highest BCUT2D eigenvalue weighted by atomic mass is 16.2. The van der Waals surface area contributed by atoms with Gasteiger partial charge in [-0.1, -0.05) is 26.0 Å². The van der Waals surface area contributed by atoms with Gasteiger partial charge in [0.1, 0.15) is 6.33 Å². The van der Waals surface area contributed by atoms with Gasteiger partial charge in [0.2, 0.25) is 0 Å². The fraction of sp³-hybridized carbons (Fsp3) is 0.278. The summed E-state index contributed by atoms with van der Waals surface area (Å²) in [5, 5.41) is 11.4. The third kappa shape index (κ3) is 2.40. The number of benzene rings is 1. The van der Waals surface area contributed by atoms with Gasteiger partial charge in [0, 0.05) is 18.8 Å². The first-order valence-electron chi connectivity index (χ1n) is 8.10. The monoisotopic (exact) mass is 321 g/mol. The van der Waals surface area contributed by atoms with Crippen molar-refractivity contribution >= 4 is 22.9 Å². The summed E-state index contributed by atoms with van der Waals surface area (Å²) in [6.07, 6.45) is 3.39. The second-order valence-electron chi connectivity index (χ2n) is 6.44. The number of rotatable bonds is 2. The van der Waals surface area contributed by atoms with Gasteiger partial charge in [-0.05, 0) is 30.2 Å². The standard InChI is InChI=1S/C18H19N5O/c1-12(2)15-10-23(16-6-4-3-5-14(16)20-15)18(24)13-7-8-17-21-19-11-22(17)9-13/h3-9,11-12,15,20H,10H2,1-2H3. The molecule has 0 bridgehead atoms. The van der Waals surface area contributed by atoms with Crippen LogP contribution in [0.25, 0.3) is 5.65 Å². The lowest BCUT2D eigenvalue weighted by atomic mass is 9.99. The molecule has 122 valence electrons. The van der Waals surface area contributed by atoms with Crippen LogP contribution in [0.4, 0.5) is 11.4 Å². The summed E-state index contributed by atoms with van der Waals surface area (Å²) in [7, 11) is 0. The summed E-state index contributed by atoms with van der Waals surface area (Å²) in [5.41, 5.74) is 3.28. The van der Waals surface area contributed by atoms with Crippen molar-refractivity contribution in [1.82, 2.24) is 14.6 Å². The average molecular weight is 321 g/mol. The van der Waals surface area contributed by atoms with Gasteiger partial charge in [-0.25, -0.2) is 0 Å². The quantitative estimate of drug-likeness (QED) is 0.788. The molecule has 0 fully saturated rings. The minimum absolute atomic E-state index is 0.00907. The molecule has 0 aliphatic carbocycles. The largest absolute Gasteiger partial charge is 0.379 e. The van der Waals surface area contributed by atoms with Crippen LogP contribution in [-0.2, 0) is 0 Å². The molecule has 1 unspecified atom stereocenters. The number of hydrogen-bond acceptors (Lipinski definition) is 4. The minimum Gasteiger partial charge on any atom is -0.379 e. The zero-order valence-corrected chi connectivity index (χ0v) is 13.7.